The zero-order valence-electron chi connectivity index (χ0n) is 12.2. The van der Waals surface area contributed by atoms with Crippen molar-refractivity contribution < 1.29 is 22.7 Å². The lowest BCUT2D eigenvalue weighted by molar-refractivity contribution is -0.131. The molecule has 0 N–H and O–H groups in total. The van der Waals surface area contributed by atoms with E-state index in [2.05, 4.69) is 0 Å². The van der Waals surface area contributed by atoms with Crippen LogP contribution in [0.3, 0.4) is 0 Å². The van der Waals surface area contributed by atoms with Crippen LogP contribution >= 0.6 is 0 Å². The number of benzene rings is 1. The fourth-order valence-electron chi connectivity index (χ4n) is 3.32. The van der Waals surface area contributed by atoms with Gasteiger partial charge in [-0.05, 0) is 43.4 Å². The van der Waals surface area contributed by atoms with E-state index in [1.54, 1.807) is 4.90 Å². The average Bonchev–Trinajstić information content (AvgIpc) is 2.89. The van der Waals surface area contributed by atoms with Gasteiger partial charge in [0.2, 0.25) is 5.91 Å². The van der Waals surface area contributed by atoms with Gasteiger partial charge in [-0.1, -0.05) is 0 Å². The van der Waals surface area contributed by atoms with Crippen LogP contribution in [0.15, 0.2) is 12.1 Å². The molecule has 1 spiro atoms. The monoisotopic (exact) mass is 313 g/mol. The molecule has 3 nitrogen and oxygen atoms in total. The first kappa shape index (κ1) is 15.3. The van der Waals surface area contributed by atoms with Crippen molar-refractivity contribution in [2.75, 3.05) is 13.2 Å². The fraction of sp³-hybridized carbons (Fsp3) is 0.562. The maximum Gasteiger partial charge on any atom is 0.222 e. The topological polar surface area (TPSA) is 29.5 Å². The molecule has 1 aromatic carbocycles. The van der Waals surface area contributed by atoms with Crippen LogP contribution in [0.25, 0.3) is 0 Å². The Hall–Kier alpha value is -1.56. The Morgan fingerprint density at radius 2 is 1.86 bits per heavy atom. The molecule has 0 radical (unpaired) electrons. The number of hydrogen-bond acceptors (Lipinski definition) is 2. The van der Waals surface area contributed by atoms with E-state index in [9.17, 15) is 18.0 Å². The van der Waals surface area contributed by atoms with Crippen LogP contribution < -0.4 is 0 Å². The number of carbonyl (C=O) groups is 1. The van der Waals surface area contributed by atoms with E-state index >= 15 is 0 Å². The summed E-state index contributed by atoms with van der Waals surface area (Å²) in [7, 11) is 0. The van der Waals surface area contributed by atoms with E-state index < -0.39 is 17.5 Å². The largest absolute Gasteiger partial charge is 0.375 e. The molecule has 22 heavy (non-hydrogen) atoms. The van der Waals surface area contributed by atoms with Gasteiger partial charge in [0, 0.05) is 26.1 Å². The Balaban J connectivity index is 1.73. The van der Waals surface area contributed by atoms with Gasteiger partial charge in [-0.25, -0.2) is 13.2 Å². The number of halogens is 3. The molecule has 3 rings (SSSR count). The highest BCUT2D eigenvalue weighted by molar-refractivity contribution is 5.76. The average molecular weight is 313 g/mol. The van der Waals surface area contributed by atoms with Crippen LogP contribution in [0.5, 0.6) is 0 Å². The zero-order valence-corrected chi connectivity index (χ0v) is 12.2. The number of nitrogens with zero attached hydrogens (tertiary/aromatic N) is 1. The number of ether oxygens (including phenoxy) is 1. The molecule has 2 saturated heterocycles. The van der Waals surface area contributed by atoms with Gasteiger partial charge in [0.15, 0.2) is 17.5 Å². The first-order valence-electron chi connectivity index (χ1n) is 7.54. The SMILES string of the molecule is O=C1CC[C@]2(CCCO2)CCN1Cc1cc(F)c(F)c(F)c1. The van der Waals surface area contributed by atoms with Crippen molar-refractivity contribution in [2.45, 2.75) is 44.2 Å². The van der Waals surface area contributed by atoms with Gasteiger partial charge in [0.05, 0.1) is 5.60 Å². The maximum absolute atomic E-state index is 13.3. The standard InChI is InChI=1S/C16H18F3NO2/c17-12-8-11(9-13(18)15(12)19)10-20-6-5-16(3-1-7-22-16)4-2-14(20)21/h8-9H,1-7,10H2/t16-/m1/s1. The van der Waals surface area contributed by atoms with Gasteiger partial charge in [-0.15, -0.1) is 0 Å². The highest BCUT2D eigenvalue weighted by atomic mass is 19.2. The van der Waals surface area contributed by atoms with Crippen LogP contribution in [0.1, 0.15) is 37.7 Å². The van der Waals surface area contributed by atoms with E-state index in [-0.39, 0.29) is 23.6 Å². The van der Waals surface area contributed by atoms with Gasteiger partial charge in [-0.2, -0.15) is 0 Å². The molecule has 1 aromatic rings. The quantitative estimate of drug-likeness (QED) is 0.785. The highest BCUT2D eigenvalue weighted by Gasteiger charge is 2.38. The molecule has 1 atom stereocenters. The summed E-state index contributed by atoms with van der Waals surface area (Å²) in [5, 5.41) is 0. The Morgan fingerprint density at radius 3 is 2.50 bits per heavy atom. The van der Waals surface area contributed by atoms with Crippen LogP contribution in [0.2, 0.25) is 0 Å². The molecule has 2 aliphatic rings. The third kappa shape index (κ3) is 2.97. The number of likely N-dealkylation sites (tertiary alicyclic amines) is 1. The smallest absolute Gasteiger partial charge is 0.222 e. The first-order valence-corrected chi connectivity index (χ1v) is 7.54. The van der Waals surface area contributed by atoms with E-state index in [0.717, 1.165) is 38.0 Å². The Morgan fingerprint density at radius 1 is 1.14 bits per heavy atom. The third-order valence-corrected chi connectivity index (χ3v) is 4.59. The van der Waals surface area contributed by atoms with Crippen LogP contribution in [-0.2, 0) is 16.1 Å². The van der Waals surface area contributed by atoms with Gasteiger partial charge in [0.25, 0.3) is 0 Å². The van der Waals surface area contributed by atoms with Crippen LogP contribution in [0, 0.1) is 17.5 Å². The van der Waals surface area contributed by atoms with E-state index in [1.807, 2.05) is 0 Å². The molecular formula is C16H18F3NO2. The molecule has 0 bridgehead atoms. The highest BCUT2D eigenvalue weighted by Crippen LogP contribution is 2.36. The molecule has 0 aliphatic carbocycles. The molecule has 6 heteroatoms. The Kier molecular flexibility index (Phi) is 4.12. The summed E-state index contributed by atoms with van der Waals surface area (Å²) in [4.78, 5) is 13.8. The molecule has 2 aliphatic heterocycles. The van der Waals surface area contributed by atoms with Crippen LogP contribution in [0.4, 0.5) is 13.2 Å². The summed E-state index contributed by atoms with van der Waals surface area (Å²) in [5.74, 6) is -4.00. The molecule has 0 saturated carbocycles. The number of hydrogen-bond donors (Lipinski definition) is 0. The van der Waals surface area contributed by atoms with E-state index in [1.165, 1.54) is 0 Å². The molecular weight excluding hydrogens is 295 g/mol. The van der Waals surface area contributed by atoms with Gasteiger partial charge < -0.3 is 9.64 Å². The van der Waals surface area contributed by atoms with E-state index in [4.69, 9.17) is 4.74 Å². The molecule has 0 unspecified atom stereocenters. The van der Waals surface area contributed by atoms with Crippen LogP contribution in [-0.4, -0.2) is 29.6 Å². The minimum Gasteiger partial charge on any atom is -0.375 e. The number of carbonyl (C=O) groups excluding carboxylic acids is 1. The first-order chi connectivity index (χ1) is 10.5. The third-order valence-electron chi connectivity index (χ3n) is 4.59. The van der Waals surface area contributed by atoms with Crippen molar-refractivity contribution in [1.29, 1.82) is 0 Å². The Bertz CT molecular complexity index is 562. The van der Waals surface area contributed by atoms with Crippen molar-refractivity contribution in [1.82, 2.24) is 4.90 Å². The summed E-state index contributed by atoms with van der Waals surface area (Å²) in [5.41, 5.74) is 0.0389. The fourth-order valence-corrected chi connectivity index (χ4v) is 3.32. The van der Waals surface area contributed by atoms with Gasteiger partial charge in [-0.3, -0.25) is 4.79 Å². The molecule has 120 valence electrons. The second kappa shape index (κ2) is 5.91. The summed E-state index contributed by atoms with van der Waals surface area (Å²) in [6, 6.07) is 1.89. The molecule has 1 amide bonds. The second-order valence-corrected chi connectivity index (χ2v) is 6.07. The summed E-state index contributed by atoms with van der Waals surface area (Å²) in [6.45, 7) is 1.30. The van der Waals surface area contributed by atoms with Gasteiger partial charge in [0.1, 0.15) is 0 Å². The lowest BCUT2D eigenvalue weighted by Gasteiger charge is -2.26. The molecule has 2 heterocycles. The number of amides is 1. The lowest BCUT2D eigenvalue weighted by Crippen LogP contribution is -2.32. The summed E-state index contributed by atoms with van der Waals surface area (Å²) in [6.07, 6.45) is 3.74. The second-order valence-electron chi connectivity index (χ2n) is 6.07. The van der Waals surface area contributed by atoms with Crippen molar-refractivity contribution in [3.63, 3.8) is 0 Å². The predicted octanol–water partition coefficient (Wildman–Crippen LogP) is 3.17. The zero-order chi connectivity index (χ0) is 15.7. The Labute approximate surface area is 127 Å². The lowest BCUT2D eigenvalue weighted by atomic mass is 9.92. The number of rotatable bonds is 2. The molecule has 2 fully saturated rings. The predicted molar refractivity (Wildman–Crippen MR) is 73.5 cm³/mol. The summed E-state index contributed by atoms with van der Waals surface area (Å²) >= 11 is 0. The van der Waals surface area contributed by atoms with Crippen molar-refractivity contribution >= 4 is 5.91 Å². The van der Waals surface area contributed by atoms with Crippen molar-refractivity contribution in [2.24, 2.45) is 0 Å². The minimum atomic E-state index is -1.48. The molecule has 0 aromatic heterocycles. The summed E-state index contributed by atoms with van der Waals surface area (Å²) < 4.78 is 45.3. The van der Waals surface area contributed by atoms with Crippen molar-refractivity contribution in [3.05, 3.63) is 35.1 Å². The van der Waals surface area contributed by atoms with E-state index in [0.29, 0.717) is 19.4 Å². The van der Waals surface area contributed by atoms with Crippen molar-refractivity contribution in [3.8, 4) is 0 Å². The maximum atomic E-state index is 13.3. The normalized spacial score (nSPS) is 25.8. The minimum absolute atomic E-state index is 0.0579. The van der Waals surface area contributed by atoms with Gasteiger partial charge >= 0.3 is 0 Å².